The molecular weight excluding hydrogens is 432 g/mol. The number of carboxylic acid groups (broad SMARTS) is 1. The Morgan fingerprint density at radius 3 is 2.21 bits per heavy atom. The summed E-state index contributed by atoms with van der Waals surface area (Å²) in [6.07, 6.45) is 0.340. The number of para-hydroxylation sites is 1. The summed E-state index contributed by atoms with van der Waals surface area (Å²) >= 11 is 0. The number of rotatable bonds is 8. The molecule has 0 aliphatic rings. The molecule has 3 aromatic rings. The van der Waals surface area contributed by atoms with E-state index in [4.69, 9.17) is 9.47 Å². The summed E-state index contributed by atoms with van der Waals surface area (Å²) < 4.78 is 11.3. The van der Waals surface area contributed by atoms with Crippen molar-refractivity contribution in [1.29, 1.82) is 0 Å². The van der Waals surface area contributed by atoms with Gasteiger partial charge < -0.3 is 19.7 Å². The number of carbonyl (C=O) groups excluding carboxylic acids is 1. The van der Waals surface area contributed by atoms with Gasteiger partial charge in [-0.2, -0.15) is 0 Å². The van der Waals surface area contributed by atoms with E-state index in [9.17, 15) is 19.8 Å². The number of carboxylic acids is 1. The third kappa shape index (κ3) is 5.57. The summed E-state index contributed by atoms with van der Waals surface area (Å²) in [7, 11) is 1.45. The van der Waals surface area contributed by atoms with E-state index in [1.807, 2.05) is 51.1 Å². The fraction of sp³-hybridized carbons (Fsp3) is 0.286. The van der Waals surface area contributed by atoms with E-state index in [1.165, 1.54) is 13.2 Å². The Hall–Kier alpha value is -3.80. The minimum Gasteiger partial charge on any atom is -0.507 e. The van der Waals surface area contributed by atoms with Gasteiger partial charge in [0.15, 0.2) is 5.78 Å². The topological polar surface area (TPSA) is 93.1 Å². The predicted octanol–water partition coefficient (Wildman–Crippen LogP) is 6.27. The van der Waals surface area contributed by atoms with Crippen LogP contribution in [-0.4, -0.2) is 29.1 Å². The van der Waals surface area contributed by atoms with Crippen molar-refractivity contribution in [3.63, 3.8) is 0 Å². The van der Waals surface area contributed by atoms with Crippen LogP contribution in [0.2, 0.25) is 0 Å². The molecule has 3 aromatic carbocycles. The highest BCUT2D eigenvalue weighted by atomic mass is 16.5. The number of aromatic hydroxyl groups is 1. The minimum absolute atomic E-state index is 0.0486. The van der Waals surface area contributed by atoms with Gasteiger partial charge >= 0.3 is 5.97 Å². The van der Waals surface area contributed by atoms with E-state index in [-0.39, 0.29) is 29.1 Å². The first kappa shape index (κ1) is 24.8. The smallest absolute Gasteiger partial charge is 0.339 e. The van der Waals surface area contributed by atoms with Crippen molar-refractivity contribution in [2.45, 2.75) is 40.7 Å². The molecule has 3 rings (SSSR count). The molecule has 6 heteroatoms. The Morgan fingerprint density at radius 2 is 1.62 bits per heavy atom. The zero-order valence-electron chi connectivity index (χ0n) is 20.1. The van der Waals surface area contributed by atoms with Crippen molar-refractivity contribution in [3.05, 3.63) is 76.9 Å². The van der Waals surface area contributed by atoms with Crippen LogP contribution in [-0.2, 0) is 6.61 Å². The van der Waals surface area contributed by atoms with Crippen molar-refractivity contribution >= 4 is 11.8 Å². The maximum Gasteiger partial charge on any atom is 0.339 e. The van der Waals surface area contributed by atoms with Gasteiger partial charge in [-0.1, -0.05) is 57.2 Å². The maximum atomic E-state index is 12.5. The average Bonchev–Trinajstić information content (AvgIpc) is 2.78. The maximum absolute atomic E-state index is 12.5. The summed E-state index contributed by atoms with van der Waals surface area (Å²) in [5.74, 6) is -0.380. The van der Waals surface area contributed by atoms with Gasteiger partial charge in [0.1, 0.15) is 29.4 Å². The SMILES string of the molecule is COc1c(C(=O)O)cccc1-c1ccc(COc2ccc(C(=O)CC(C)(C)C)c(O)c2C)cc1. The number of carbonyl (C=O) groups is 2. The molecule has 0 heterocycles. The van der Waals surface area contributed by atoms with Crippen LogP contribution in [0, 0.1) is 12.3 Å². The van der Waals surface area contributed by atoms with Crippen LogP contribution in [0.4, 0.5) is 0 Å². The second kappa shape index (κ2) is 10.00. The Kier molecular flexibility index (Phi) is 7.30. The Labute approximate surface area is 199 Å². The zero-order chi connectivity index (χ0) is 25.0. The molecule has 0 aromatic heterocycles. The van der Waals surface area contributed by atoms with Crippen LogP contribution in [0.3, 0.4) is 0 Å². The van der Waals surface area contributed by atoms with Gasteiger partial charge in [0.05, 0.1) is 12.7 Å². The van der Waals surface area contributed by atoms with Gasteiger partial charge in [0.25, 0.3) is 0 Å². The molecule has 0 radical (unpaired) electrons. The molecule has 0 spiro atoms. The van der Waals surface area contributed by atoms with Gasteiger partial charge in [0, 0.05) is 17.5 Å². The Bertz CT molecular complexity index is 1200. The molecule has 34 heavy (non-hydrogen) atoms. The lowest BCUT2D eigenvalue weighted by Gasteiger charge is -2.18. The standard InChI is InChI=1S/C28H30O6/c1-17-24(14-13-21(25(17)30)23(29)15-28(2,3)4)34-16-18-9-11-19(12-10-18)20-7-6-8-22(27(31)32)26(20)33-5/h6-14,30H,15-16H2,1-5H3,(H,31,32). The Morgan fingerprint density at radius 1 is 0.941 bits per heavy atom. The predicted molar refractivity (Wildman–Crippen MR) is 131 cm³/mol. The highest BCUT2D eigenvalue weighted by Gasteiger charge is 2.22. The first-order valence-electron chi connectivity index (χ1n) is 11.0. The number of phenols is 1. The van der Waals surface area contributed by atoms with Gasteiger partial charge in [-0.25, -0.2) is 4.79 Å². The third-order valence-corrected chi connectivity index (χ3v) is 5.48. The monoisotopic (exact) mass is 462 g/mol. The lowest BCUT2D eigenvalue weighted by molar-refractivity contribution is 0.0693. The lowest BCUT2D eigenvalue weighted by Crippen LogP contribution is -2.13. The molecule has 0 saturated heterocycles. The van der Waals surface area contributed by atoms with Crippen molar-refractivity contribution in [2.24, 2.45) is 5.41 Å². The summed E-state index contributed by atoms with van der Waals surface area (Å²) in [4.78, 5) is 24.0. The van der Waals surface area contributed by atoms with Crippen molar-refractivity contribution in [2.75, 3.05) is 7.11 Å². The second-order valence-electron chi connectivity index (χ2n) is 9.42. The first-order chi connectivity index (χ1) is 16.0. The summed E-state index contributed by atoms with van der Waals surface area (Å²) in [5, 5.41) is 20.0. The molecular formula is C28H30O6. The molecule has 2 N–H and O–H groups in total. The summed E-state index contributed by atoms with van der Waals surface area (Å²) in [6, 6.07) is 15.8. The fourth-order valence-corrected chi connectivity index (χ4v) is 3.73. The van der Waals surface area contributed by atoms with Crippen LogP contribution in [0.5, 0.6) is 17.2 Å². The summed E-state index contributed by atoms with van der Waals surface area (Å²) in [5.41, 5.74) is 3.16. The number of methoxy groups -OCH3 is 1. The van der Waals surface area contributed by atoms with Crippen LogP contribution < -0.4 is 9.47 Å². The molecule has 0 amide bonds. The molecule has 0 unspecified atom stereocenters. The van der Waals surface area contributed by atoms with Crippen LogP contribution in [0.25, 0.3) is 11.1 Å². The van der Waals surface area contributed by atoms with E-state index in [1.54, 1.807) is 25.1 Å². The first-order valence-corrected chi connectivity index (χ1v) is 11.0. The van der Waals surface area contributed by atoms with Gasteiger partial charge in [-0.15, -0.1) is 0 Å². The zero-order valence-corrected chi connectivity index (χ0v) is 20.1. The second-order valence-corrected chi connectivity index (χ2v) is 9.42. The Balaban J connectivity index is 1.76. The van der Waals surface area contributed by atoms with E-state index in [2.05, 4.69) is 0 Å². The fourth-order valence-electron chi connectivity index (χ4n) is 3.73. The quantitative estimate of drug-likeness (QED) is 0.383. The molecule has 0 bridgehead atoms. The van der Waals surface area contributed by atoms with E-state index < -0.39 is 5.97 Å². The number of aromatic carboxylic acids is 1. The number of hydrogen-bond donors (Lipinski definition) is 2. The minimum atomic E-state index is -1.05. The van der Waals surface area contributed by atoms with Crippen molar-refractivity contribution in [1.82, 2.24) is 0 Å². The molecule has 0 saturated carbocycles. The normalized spacial score (nSPS) is 11.2. The molecule has 0 aliphatic carbocycles. The van der Waals surface area contributed by atoms with Crippen LogP contribution >= 0.6 is 0 Å². The lowest BCUT2D eigenvalue weighted by atomic mass is 9.87. The highest BCUT2D eigenvalue weighted by molar-refractivity contribution is 5.99. The van der Waals surface area contributed by atoms with Gasteiger partial charge in [-0.3, -0.25) is 4.79 Å². The molecule has 0 atom stereocenters. The average molecular weight is 463 g/mol. The number of phenolic OH excluding ortho intramolecular Hbond substituents is 1. The van der Waals surface area contributed by atoms with Crippen LogP contribution in [0.1, 0.15) is 59.0 Å². The largest absolute Gasteiger partial charge is 0.507 e. The van der Waals surface area contributed by atoms with Crippen molar-refractivity contribution in [3.8, 4) is 28.4 Å². The third-order valence-electron chi connectivity index (χ3n) is 5.48. The summed E-state index contributed by atoms with van der Waals surface area (Å²) in [6.45, 7) is 7.94. The van der Waals surface area contributed by atoms with E-state index in [0.717, 1.165) is 11.1 Å². The number of ether oxygens (including phenoxy) is 2. The van der Waals surface area contributed by atoms with Gasteiger partial charge in [-0.05, 0) is 41.7 Å². The van der Waals surface area contributed by atoms with Gasteiger partial charge in [0.2, 0.25) is 0 Å². The number of Topliss-reactive ketones (excluding diaryl/α,β-unsaturated/α-hetero) is 1. The van der Waals surface area contributed by atoms with Crippen LogP contribution in [0.15, 0.2) is 54.6 Å². The number of hydrogen-bond acceptors (Lipinski definition) is 5. The van der Waals surface area contributed by atoms with E-state index >= 15 is 0 Å². The number of benzene rings is 3. The molecule has 6 nitrogen and oxygen atoms in total. The van der Waals surface area contributed by atoms with E-state index in [0.29, 0.717) is 34.6 Å². The molecule has 178 valence electrons. The molecule has 0 fully saturated rings. The molecule has 0 aliphatic heterocycles. The number of ketones is 1. The highest BCUT2D eigenvalue weighted by Crippen LogP contribution is 2.35. The van der Waals surface area contributed by atoms with Crippen molar-refractivity contribution < 1.29 is 29.3 Å².